The first-order valence-electron chi connectivity index (χ1n) is 5.00. The van der Waals surface area contributed by atoms with Crippen molar-refractivity contribution < 1.29 is 13.5 Å². The number of alkyl halides is 2. The van der Waals surface area contributed by atoms with E-state index in [2.05, 4.69) is 0 Å². The molecule has 0 radical (unpaired) electrons. The van der Waals surface area contributed by atoms with Crippen molar-refractivity contribution >= 4 is 0 Å². The van der Waals surface area contributed by atoms with Gasteiger partial charge in [-0.3, -0.25) is 0 Å². The summed E-state index contributed by atoms with van der Waals surface area (Å²) < 4.78 is 30.8. The summed E-state index contributed by atoms with van der Waals surface area (Å²) in [4.78, 5) is 0. The summed E-state index contributed by atoms with van der Waals surface area (Å²) >= 11 is 0. The number of benzene rings is 1. The van der Waals surface area contributed by atoms with Crippen LogP contribution in [0.5, 0.6) is 5.75 Å². The molecule has 1 aromatic carbocycles. The fraction of sp³-hybridized carbons (Fsp3) is 0.500. The summed E-state index contributed by atoms with van der Waals surface area (Å²) in [6, 6.07) is 6.80. The molecule has 0 aliphatic carbocycles. The lowest BCUT2D eigenvalue weighted by Gasteiger charge is -2.12. The third-order valence-electron chi connectivity index (χ3n) is 1.81. The summed E-state index contributed by atoms with van der Waals surface area (Å²) in [5.74, 6) is -1.94. The van der Waals surface area contributed by atoms with Crippen molar-refractivity contribution in [3.8, 4) is 5.75 Å². The van der Waals surface area contributed by atoms with Gasteiger partial charge in [-0.2, -0.15) is 0 Å². The van der Waals surface area contributed by atoms with Crippen LogP contribution in [0, 0.1) is 0 Å². The van der Waals surface area contributed by atoms with Crippen molar-refractivity contribution in [2.45, 2.75) is 39.2 Å². The van der Waals surface area contributed by atoms with E-state index in [-0.39, 0.29) is 12.5 Å². The molecule has 0 aliphatic heterocycles. The van der Waals surface area contributed by atoms with Crippen LogP contribution in [0.2, 0.25) is 0 Å². The number of ether oxygens (including phenoxy) is 1. The number of hydrogen-bond acceptors (Lipinski definition) is 1. The molecular weight excluding hydrogens is 198 g/mol. The molecule has 15 heavy (non-hydrogen) atoms. The van der Waals surface area contributed by atoms with Crippen molar-refractivity contribution in [1.82, 2.24) is 0 Å². The fourth-order valence-electron chi connectivity index (χ4n) is 1.32. The Morgan fingerprint density at radius 2 is 1.73 bits per heavy atom. The largest absolute Gasteiger partial charge is 0.491 e. The topological polar surface area (TPSA) is 9.23 Å². The van der Waals surface area contributed by atoms with E-state index in [0.29, 0.717) is 11.3 Å². The molecule has 0 saturated carbocycles. The molecule has 3 heteroatoms. The molecule has 0 aromatic heterocycles. The van der Waals surface area contributed by atoms with E-state index in [1.165, 1.54) is 0 Å². The Hall–Kier alpha value is -1.12. The summed E-state index contributed by atoms with van der Waals surface area (Å²) in [5, 5.41) is 0. The van der Waals surface area contributed by atoms with E-state index in [1.54, 1.807) is 24.3 Å². The maximum absolute atomic E-state index is 12.7. The lowest BCUT2D eigenvalue weighted by Crippen LogP contribution is -2.13. The maximum atomic E-state index is 12.7. The van der Waals surface area contributed by atoms with Gasteiger partial charge in [-0.25, -0.2) is 8.78 Å². The van der Waals surface area contributed by atoms with Gasteiger partial charge in [-0.05, 0) is 38.5 Å². The Bertz CT molecular complexity index is 298. The summed E-state index contributed by atoms with van der Waals surface area (Å²) in [5.41, 5.74) is 0.624. The maximum Gasteiger partial charge on any atom is 0.249 e. The molecular formula is C12H16F2O. The minimum absolute atomic E-state index is 0.100. The molecule has 0 amide bonds. The molecule has 0 atom stereocenters. The van der Waals surface area contributed by atoms with Crippen LogP contribution in [0.15, 0.2) is 24.3 Å². The van der Waals surface area contributed by atoms with Crippen LogP contribution in [-0.4, -0.2) is 12.0 Å². The Morgan fingerprint density at radius 1 is 1.20 bits per heavy atom. The van der Waals surface area contributed by atoms with Gasteiger partial charge in [0.25, 0.3) is 0 Å². The standard InChI is InChI=1S/C12H16F2O/c1-9(2)15-11-6-4-10(5-7-11)8-12(3,13)14/h4-7,9H,8H2,1-3H3. The summed E-state index contributed by atoms with van der Waals surface area (Å²) in [6.45, 7) is 4.77. The predicted octanol–water partition coefficient (Wildman–Crippen LogP) is 3.67. The highest BCUT2D eigenvalue weighted by molar-refractivity contribution is 5.28. The predicted molar refractivity (Wildman–Crippen MR) is 56.5 cm³/mol. The summed E-state index contributed by atoms with van der Waals surface area (Å²) in [7, 11) is 0. The molecule has 0 unspecified atom stereocenters. The average molecular weight is 214 g/mol. The third kappa shape index (κ3) is 4.77. The van der Waals surface area contributed by atoms with E-state index in [4.69, 9.17) is 4.74 Å². The molecule has 0 saturated heterocycles. The van der Waals surface area contributed by atoms with Crippen LogP contribution in [0.25, 0.3) is 0 Å². The Morgan fingerprint density at radius 3 is 2.13 bits per heavy atom. The number of hydrogen-bond donors (Lipinski definition) is 0. The minimum atomic E-state index is -2.65. The molecule has 0 aliphatic rings. The highest BCUT2D eigenvalue weighted by atomic mass is 19.3. The van der Waals surface area contributed by atoms with Crippen molar-refractivity contribution in [3.05, 3.63) is 29.8 Å². The lowest BCUT2D eigenvalue weighted by atomic mass is 10.1. The molecule has 0 spiro atoms. The molecule has 1 aromatic rings. The van der Waals surface area contributed by atoms with Gasteiger partial charge in [0.15, 0.2) is 0 Å². The quantitative estimate of drug-likeness (QED) is 0.743. The first-order valence-corrected chi connectivity index (χ1v) is 5.00. The zero-order valence-electron chi connectivity index (χ0n) is 9.26. The third-order valence-corrected chi connectivity index (χ3v) is 1.81. The van der Waals surface area contributed by atoms with Gasteiger partial charge < -0.3 is 4.74 Å². The zero-order chi connectivity index (χ0) is 11.5. The first-order chi connectivity index (χ1) is 6.87. The minimum Gasteiger partial charge on any atom is -0.491 e. The van der Waals surface area contributed by atoms with E-state index < -0.39 is 5.92 Å². The summed E-state index contributed by atoms with van der Waals surface area (Å²) in [6.07, 6.45) is -0.127. The number of halogens is 2. The second kappa shape index (κ2) is 4.60. The van der Waals surface area contributed by atoms with E-state index >= 15 is 0 Å². The van der Waals surface area contributed by atoms with Gasteiger partial charge in [0.05, 0.1) is 6.10 Å². The molecule has 0 bridgehead atoms. The monoisotopic (exact) mass is 214 g/mol. The SMILES string of the molecule is CC(C)Oc1ccc(CC(C)(F)F)cc1. The van der Waals surface area contributed by atoms with Crippen LogP contribution >= 0.6 is 0 Å². The zero-order valence-corrected chi connectivity index (χ0v) is 9.26. The van der Waals surface area contributed by atoms with Gasteiger partial charge in [0, 0.05) is 6.42 Å². The highest BCUT2D eigenvalue weighted by Gasteiger charge is 2.21. The average Bonchev–Trinajstić information content (AvgIpc) is 2.05. The van der Waals surface area contributed by atoms with Crippen molar-refractivity contribution in [2.75, 3.05) is 0 Å². The molecule has 0 fully saturated rings. The van der Waals surface area contributed by atoms with E-state index in [9.17, 15) is 8.78 Å². The highest BCUT2D eigenvalue weighted by Crippen LogP contribution is 2.21. The van der Waals surface area contributed by atoms with Crippen molar-refractivity contribution in [1.29, 1.82) is 0 Å². The molecule has 1 nitrogen and oxygen atoms in total. The van der Waals surface area contributed by atoms with Crippen molar-refractivity contribution in [2.24, 2.45) is 0 Å². The van der Waals surface area contributed by atoms with Gasteiger partial charge in [0.1, 0.15) is 5.75 Å². The van der Waals surface area contributed by atoms with Crippen LogP contribution < -0.4 is 4.74 Å². The second-order valence-electron chi connectivity index (χ2n) is 4.06. The van der Waals surface area contributed by atoms with Crippen LogP contribution in [0.3, 0.4) is 0 Å². The number of rotatable bonds is 4. The Balaban J connectivity index is 2.64. The fourth-order valence-corrected chi connectivity index (χ4v) is 1.32. The van der Waals surface area contributed by atoms with Crippen LogP contribution in [0.1, 0.15) is 26.3 Å². The molecule has 0 N–H and O–H groups in total. The normalized spacial score (nSPS) is 11.9. The molecule has 0 heterocycles. The smallest absolute Gasteiger partial charge is 0.249 e. The van der Waals surface area contributed by atoms with E-state index in [0.717, 1.165) is 6.92 Å². The lowest BCUT2D eigenvalue weighted by molar-refractivity contribution is 0.0226. The Labute approximate surface area is 89.1 Å². The van der Waals surface area contributed by atoms with Crippen LogP contribution in [-0.2, 0) is 6.42 Å². The van der Waals surface area contributed by atoms with Gasteiger partial charge >= 0.3 is 0 Å². The molecule has 1 rings (SSSR count). The van der Waals surface area contributed by atoms with E-state index in [1.807, 2.05) is 13.8 Å². The first kappa shape index (κ1) is 12.0. The van der Waals surface area contributed by atoms with Gasteiger partial charge in [0.2, 0.25) is 5.92 Å². The molecule has 84 valence electrons. The van der Waals surface area contributed by atoms with Gasteiger partial charge in [-0.15, -0.1) is 0 Å². The van der Waals surface area contributed by atoms with Crippen LogP contribution in [0.4, 0.5) is 8.78 Å². The van der Waals surface area contributed by atoms with Crippen molar-refractivity contribution in [3.63, 3.8) is 0 Å². The Kier molecular flexibility index (Phi) is 3.66. The second-order valence-corrected chi connectivity index (χ2v) is 4.06. The van der Waals surface area contributed by atoms with Gasteiger partial charge in [-0.1, -0.05) is 12.1 Å².